The second kappa shape index (κ2) is 9.49. The van der Waals surface area contributed by atoms with E-state index in [4.69, 9.17) is 9.84 Å². The second-order valence-corrected chi connectivity index (χ2v) is 9.34. The largest absolute Gasteiger partial charge is 0.478 e. The number of carboxylic acid groups (broad SMARTS) is 1. The van der Waals surface area contributed by atoms with Crippen molar-refractivity contribution in [1.29, 1.82) is 0 Å². The molecule has 1 heterocycles. The van der Waals surface area contributed by atoms with Crippen LogP contribution in [0.2, 0.25) is 0 Å². The first-order chi connectivity index (χ1) is 14.2. The normalized spacial score (nSPS) is 37.9. The van der Waals surface area contributed by atoms with Crippen molar-refractivity contribution in [2.75, 3.05) is 0 Å². The average Bonchev–Trinajstić information content (AvgIpc) is 2.80. The number of aliphatic carboxylic acids is 1. The van der Waals surface area contributed by atoms with E-state index >= 15 is 0 Å². The maximum absolute atomic E-state index is 11.6. The predicted molar refractivity (Wildman–Crippen MR) is 120 cm³/mol. The van der Waals surface area contributed by atoms with Crippen molar-refractivity contribution in [3.8, 4) is 0 Å². The molecule has 8 unspecified atom stereocenters. The van der Waals surface area contributed by atoms with E-state index in [1.165, 1.54) is 17.2 Å². The molecule has 3 rings (SSSR count). The van der Waals surface area contributed by atoms with Gasteiger partial charge in [-0.25, -0.2) is 4.79 Å². The standard InChI is InChI=1S/C26H36O4/c1-6-16(3)26-18(5)23-17(4)14-19-13-15(2)11-12-20(19)24(23)25(29)21(30-26)9-7-8-10-22(27)28/h7-11,14,16,19-21,23-26,29H,5-6,12-13H2,1-4H3,(H,27,28). The number of allylic oxidation sites excluding steroid dienone is 6. The Hall–Kier alpha value is -1.91. The van der Waals surface area contributed by atoms with Gasteiger partial charge in [0.05, 0.1) is 12.2 Å². The number of rotatable bonds is 5. The molecule has 1 fully saturated rings. The first-order valence-electron chi connectivity index (χ1n) is 11.2. The van der Waals surface area contributed by atoms with E-state index in [2.05, 4.69) is 46.4 Å². The molecule has 0 amide bonds. The van der Waals surface area contributed by atoms with Crippen LogP contribution in [0.25, 0.3) is 0 Å². The van der Waals surface area contributed by atoms with Crippen molar-refractivity contribution in [2.45, 2.75) is 65.3 Å². The fourth-order valence-electron chi connectivity index (χ4n) is 5.64. The third-order valence-corrected chi connectivity index (χ3v) is 7.30. The molecule has 0 aromatic carbocycles. The molecule has 0 radical (unpaired) electrons. The van der Waals surface area contributed by atoms with Gasteiger partial charge in [0.1, 0.15) is 6.10 Å². The third-order valence-electron chi connectivity index (χ3n) is 7.30. The monoisotopic (exact) mass is 412 g/mol. The topological polar surface area (TPSA) is 66.8 Å². The molecule has 0 bridgehead atoms. The van der Waals surface area contributed by atoms with E-state index in [0.29, 0.717) is 11.8 Å². The average molecular weight is 413 g/mol. The fraction of sp³-hybridized carbons (Fsp3) is 0.577. The highest BCUT2D eigenvalue weighted by atomic mass is 16.5. The van der Waals surface area contributed by atoms with Crippen molar-refractivity contribution in [3.63, 3.8) is 0 Å². The minimum absolute atomic E-state index is 0.0454. The number of aliphatic hydroxyl groups is 1. The van der Waals surface area contributed by atoms with Crippen molar-refractivity contribution < 1.29 is 19.7 Å². The summed E-state index contributed by atoms with van der Waals surface area (Å²) in [6.07, 6.45) is 12.5. The van der Waals surface area contributed by atoms with Gasteiger partial charge in [0.2, 0.25) is 0 Å². The number of carboxylic acids is 1. The van der Waals surface area contributed by atoms with Crippen LogP contribution in [0.3, 0.4) is 0 Å². The molecule has 0 aromatic heterocycles. The van der Waals surface area contributed by atoms with Crippen molar-refractivity contribution in [2.24, 2.45) is 29.6 Å². The molecule has 1 saturated heterocycles. The Kier molecular flexibility index (Phi) is 7.20. The zero-order valence-corrected chi connectivity index (χ0v) is 18.6. The van der Waals surface area contributed by atoms with Crippen molar-refractivity contribution in [1.82, 2.24) is 0 Å². The first kappa shape index (κ1) is 22.8. The van der Waals surface area contributed by atoms with E-state index in [1.54, 1.807) is 6.08 Å². The van der Waals surface area contributed by atoms with E-state index in [-0.39, 0.29) is 23.9 Å². The van der Waals surface area contributed by atoms with Gasteiger partial charge in [-0.1, -0.05) is 68.4 Å². The Labute approximate surface area is 180 Å². The van der Waals surface area contributed by atoms with Crippen molar-refractivity contribution >= 4 is 5.97 Å². The summed E-state index contributed by atoms with van der Waals surface area (Å²) in [5.74, 6) is 0.249. The van der Waals surface area contributed by atoms with Crippen LogP contribution in [0.1, 0.15) is 47.0 Å². The zero-order chi connectivity index (χ0) is 22.0. The summed E-state index contributed by atoms with van der Waals surface area (Å²) < 4.78 is 6.48. The molecule has 0 spiro atoms. The fourth-order valence-corrected chi connectivity index (χ4v) is 5.64. The third kappa shape index (κ3) is 4.55. The summed E-state index contributed by atoms with van der Waals surface area (Å²) in [5.41, 5.74) is 3.79. The molecule has 2 aliphatic carbocycles. The summed E-state index contributed by atoms with van der Waals surface area (Å²) in [7, 11) is 0. The minimum Gasteiger partial charge on any atom is -0.478 e. The van der Waals surface area contributed by atoms with E-state index in [0.717, 1.165) is 30.9 Å². The van der Waals surface area contributed by atoms with Gasteiger partial charge in [0, 0.05) is 17.9 Å². The Morgan fingerprint density at radius 2 is 2.10 bits per heavy atom. The van der Waals surface area contributed by atoms with Crippen LogP contribution in [0.15, 0.2) is 59.8 Å². The summed E-state index contributed by atoms with van der Waals surface area (Å²) in [4.78, 5) is 10.8. The number of ether oxygens (including phenoxy) is 1. The van der Waals surface area contributed by atoms with Gasteiger partial charge in [-0.2, -0.15) is 0 Å². The Balaban J connectivity index is 2.01. The lowest BCUT2D eigenvalue weighted by Crippen LogP contribution is -2.45. The van der Waals surface area contributed by atoms with Crippen molar-refractivity contribution in [3.05, 3.63) is 59.8 Å². The summed E-state index contributed by atoms with van der Waals surface area (Å²) in [5, 5.41) is 20.4. The maximum Gasteiger partial charge on any atom is 0.328 e. The van der Waals surface area contributed by atoms with Gasteiger partial charge < -0.3 is 14.9 Å². The lowest BCUT2D eigenvalue weighted by atomic mass is 9.59. The molecule has 1 aliphatic heterocycles. The Morgan fingerprint density at radius 3 is 2.77 bits per heavy atom. The van der Waals surface area contributed by atoms with Gasteiger partial charge in [-0.05, 0) is 50.0 Å². The van der Waals surface area contributed by atoms with Crippen LogP contribution < -0.4 is 0 Å². The summed E-state index contributed by atoms with van der Waals surface area (Å²) >= 11 is 0. The molecular weight excluding hydrogens is 376 g/mol. The Bertz CT molecular complexity index is 787. The molecule has 0 saturated carbocycles. The molecule has 164 valence electrons. The molecule has 8 atom stereocenters. The van der Waals surface area contributed by atoms with Crippen LogP contribution in [0, 0.1) is 29.6 Å². The molecule has 4 heteroatoms. The molecule has 0 aromatic rings. The van der Waals surface area contributed by atoms with Gasteiger partial charge in [-0.3, -0.25) is 0 Å². The van der Waals surface area contributed by atoms with Crippen LogP contribution in [0.4, 0.5) is 0 Å². The van der Waals surface area contributed by atoms with Crippen LogP contribution in [-0.4, -0.2) is 34.5 Å². The summed E-state index contributed by atoms with van der Waals surface area (Å²) in [6.45, 7) is 13.2. The quantitative estimate of drug-likeness (QED) is 0.375. The van der Waals surface area contributed by atoms with Crippen LogP contribution >= 0.6 is 0 Å². The SMILES string of the molecule is C=C1C(C(C)CC)OC(C=CC=CC(=O)O)C(O)C2C1C(C)=CC1CC(C)=CCC12. The lowest BCUT2D eigenvalue weighted by Gasteiger charge is -2.46. The van der Waals surface area contributed by atoms with Gasteiger partial charge >= 0.3 is 5.97 Å². The Morgan fingerprint density at radius 1 is 1.37 bits per heavy atom. The highest BCUT2D eigenvalue weighted by Gasteiger charge is 2.50. The predicted octanol–water partition coefficient (Wildman–Crippen LogP) is 5.08. The summed E-state index contributed by atoms with van der Waals surface area (Å²) in [6, 6.07) is 0. The molecule has 4 nitrogen and oxygen atoms in total. The number of carbonyl (C=O) groups is 1. The van der Waals surface area contributed by atoms with E-state index in [1.807, 2.05) is 6.08 Å². The van der Waals surface area contributed by atoms with Gasteiger partial charge in [0.15, 0.2) is 0 Å². The van der Waals surface area contributed by atoms with Crippen LogP contribution in [-0.2, 0) is 9.53 Å². The zero-order valence-electron chi connectivity index (χ0n) is 18.6. The number of aliphatic hydroxyl groups excluding tert-OH is 1. The molecule has 3 aliphatic rings. The van der Waals surface area contributed by atoms with Gasteiger partial charge in [0.25, 0.3) is 0 Å². The first-order valence-corrected chi connectivity index (χ1v) is 11.2. The number of hydrogen-bond donors (Lipinski definition) is 2. The smallest absolute Gasteiger partial charge is 0.328 e. The second-order valence-electron chi connectivity index (χ2n) is 9.34. The van der Waals surface area contributed by atoms with Crippen LogP contribution in [0.5, 0.6) is 0 Å². The highest BCUT2D eigenvalue weighted by Crippen LogP contribution is 2.52. The lowest BCUT2D eigenvalue weighted by molar-refractivity contribution is -0.131. The molecular formula is C26H36O4. The number of hydrogen-bond acceptors (Lipinski definition) is 3. The van der Waals surface area contributed by atoms with E-state index in [9.17, 15) is 9.90 Å². The highest BCUT2D eigenvalue weighted by molar-refractivity contribution is 5.80. The number of fused-ring (bicyclic) bond motifs is 3. The van der Waals surface area contributed by atoms with Gasteiger partial charge in [-0.15, -0.1) is 0 Å². The molecule has 2 N–H and O–H groups in total. The minimum atomic E-state index is -0.992. The maximum atomic E-state index is 11.6. The van der Waals surface area contributed by atoms with E-state index < -0.39 is 18.2 Å². The molecule has 30 heavy (non-hydrogen) atoms.